The van der Waals surface area contributed by atoms with Crippen molar-refractivity contribution >= 4 is 28.9 Å². The highest BCUT2D eigenvalue weighted by molar-refractivity contribution is 7.85. The van der Waals surface area contributed by atoms with Crippen LogP contribution in [0.4, 0.5) is 32.2 Å². The number of aliphatic imine (C=N–C) groups is 1. The third-order valence-corrected chi connectivity index (χ3v) is 4.88. The van der Waals surface area contributed by atoms with Crippen LogP contribution in [0.1, 0.15) is 12.6 Å². The van der Waals surface area contributed by atoms with Crippen LogP contribution in [0, 0.1) is 0 Å². The molecule has 1 aromatic heterocycles. The fourth-order valence-corrected chi connectivity index (χ4v) is 3.48. The third-order valence-electron chi connectivity index (χ3n) is 3.44. The molecule has 2 rings (SSSR count). The third kappa shape index (κ3) is 5.54. The number of imidazole rings is 1. The molecular formula is C17H15F6N3OS. The normalized spacial score (nSPS) is 14.3. The summed E-state index contributed by atoms with van der Waals surface area (Å²) in [5, 5.41) is 0. The Kier molecular flexibility index (Phi) is 6.48. The highest BCUT2D eigenvalue weighted by Gasteiger charge is 2.32. The zero-order valence-electron chi connectivity index (χ0n) is 14.7. The first-order valence-corrected chi connectivity index (χ1v) is 9.10. The highest BCUT2D eigenvalue weighted by Crippen LogP contribution is 2.33. The van der Waals surface area contributed by atoms with Gasteiger partial charge in [0.25, 0.3) is 0 Å². The van der Waals surface area contributed by atoms with Crippen LogP contribution < -0.4 is 0 Å². The Labute approximate surface area is 159 Å². The number of allylic oxidation sites excluding steroid dienone is 1. The summed E-state index contributed by atoms with van der Waals surface area (Å²) >= 11 is 0. The minimum absolute atomic E-state index is 0.0124. The largest absolute Gasteiger partial charge is 0.409 e. The van der Waals surface area contributed by atoms with Crippen molar-refractivity contribution in [3.8, 4) is 11.4 Å². The molecule has 28 heavy (non-hydrogen) atoms. The standard InChI is InChI=1S/C17H15F6N3OS/c1-3-24-15-12(8-9-16(18,19)20)25-14(26(15)2)11-6-4-5-7-13(11)28(27)10-17(21,22)23/h3-9H,10H2,1-2H3/b9-8+,24-3?. The summed E-state index contributed by atoms with van der Waals surface area (Å²) in [6.07, 6.45) is -7.16. The van der Waals surface area contributed by atoms with Gasteiger partial charge in [-0.1, -0.05) is 18.2 Å². The Morgan fingerprint density at radius 3 is 2.39 bits per heavy atom. The van der Waals surface area contributed by atoms with E-state index in [-0.39, 0.29) is 33.9 Å². The molecule has 0 aliphatic carbocycles. The van der Waals surface area contributed by atoms with Crippen LogP contribution in [0.3, 0.4) is 0 Å². The molecule has 0 amide bonds. The van der Waals surface area contributed by atoms with E-state index in [2.05, 4.69) is 9.98 Å². The maximum absolute atomic E-state index is 12.6. The van der Waals surface area contributed by atoms with E-state index in [0.29, 0.717) is 0 Å². The van der Waals surface area contributed by atoms with Crippen molar-refractivity contribution in [1.29, 1.82) is 0 Å². The zero-order chi connectivity index (χ0) is 21.1. The molecule has 152 valence electrons. The molecule has 0 aliphatic rings. The Morgan fingerprint density at radius 1 is 1.18 bits per heavy atom. The van der Waals surface area contributed by atoms with E-state index in [1.54, 1.807) is 6.92 Å². The van der Waals surface area contributed by atoms with Crippen LogP contribution in [-0.4, -0.2) is 38.1 Å². The zero-order valence-corrected chi connectivity index (χ0v) is 15.5. The molecule has 11 heteroatoms. The van der Waals surface area contributed by atoms with Crippen molar-refractivity contribution in [2.75, 3.05) is 5.75 Å². The fraction of sp³-hybridized carbons (Fsp3) is 0.294. The lowest BCUT2D eigenvalue weighted by molar-refractivity contribution is -0.105. The van der Waals surface area contributed by atoms with Gasteiger partial charge in [0.2, 0.25) is 0 Å². The summed E-state index contributed by atoms with van der Waals surface area (Å²) in [5.41, 5.74) is -0.00359. The van der Waals surface area contributed by atoms with E-state index in [0.717, 1.165) is 6.08 Å². The molecule has 4 nitrogen and oxygen atoms in total. The van der Waals surface area contributed by atoms with E-state index in [1.165, 1.54) is 42.1 Å². The number of alkyl halides is 6. The second kappa shape index (κ2) is 8.29. The summed E-state index contributed by atoms with van der Waals surface area (Å²) in [6, 6.07) is 5.60. The van der Waals surface area contributed by atoms with Crippen LogP contribution in [0.25, 0.3) is 17.5 Å². The second-order valence-corrected chi connectivity index (χ2v) is 6.99. The van der Waals surface area contributed by atoms with Crippen molar-refractivity contribution in [3.63, 3.8) is 0 Å². The number of hydrogen-bond donors (Lipinski definition) is 0. The molecule has 1 aromatic carbocycles. The second-order valence-electron chi connectivity index (χ2n) is 5.57. The number of aromatic nitrogens is 2. The maximum Gasteiger partial charge on any atom is 0.409 e. The van der Waals surface area contributed by atoms with Gasteiger partial charge in [0.15, 0.2) is 5.82 Å². The van der Waals surface area contributed by atoms with E-state index in [9.17, 15) is 30.6 Å². The van der Waals surface area contributed by atoms with Crippen molar-refractivity contribution in [2.24, 2.45) is 12.0 Å². The molecule has 0 aliphatic heterocycles. The maximum atomic E-state index is 12.6. The minimum atomic E-state index is -4.64. The van der Waals surface area contributed by atoms with Gasteiger partial charge in [0.1, 0.15) is 17.3 Å². The molecular weight excluding hydrogens is 408 g/mol. The summed E-state index contributed by atoms with van der Waals surface area (Å²) in [5.74, 6) is -1.42. The van der Waals surface area contributed by atoms with Gasteiger partial charge in [-0.3, -0.25) is 4.21 Å². The fourth-order valence-electron chi connectivity index (χ4n) is 2.39. The molecule has 1 heterocycles. The average Bonchev–Trinajstić information content (AvgIpc) is 2.87. The van der Waals surface area contributed by atoms with Gasteiger partial charge in [0, 0.05) is 24.9 Å². The van der Waals surface area contributed by atoms with Crippen LogP contribution in [0.2, 0.25) is 0 Å². The van der Waals surface area contributed by atoms with Crippen molar-refractivity contribution < 1.29 is 30.6 Å². The number of benzene rings is 1. The molecule has 1 unspecified atom stereocenters. The SMILES string of the molecule is CC=Nc1c(/C=C/C(F)(F)F)nc(-c2ccccc2S(=O)CC(F)(F)F)n1C. The lowest BCUT2D eigenvalue weighted by atomic mass is 10.2. The van der Waals surface area contributed by atoms with Gasteiger partial charge < -0.3 is 4.57 Å². The first kappa shape index (κ1) is 21.9. The van der Waals surface area contributed by atoms with Gasteiger partial charge in [-0.05, 0) is 19.1 Å². The van der Waals surface area contributed by atoms with Gasteiger partial charge >= 0.3 is 12.4 Å². The minimum Gasteiger partial charge on any atom is -0.312 e. The summed E-state index contributed by atoms with van der Waals surface area (Å²) in [7, 11) is -0.949. The van der Waals surface area contributed by atoms with E-state index >= 15 is 0 Å². The van der Waals surface area contributed by atoms with Gasteiger partial charge in [-0.25, -0.2) is 9.98 Å². The molecule has 0 saturated heterocycles. The Balaban J connectivity index is 2.61. The van der Waals surface area contributed by atoms with Crippen molar-refractivity contribution in [2.45, 2.75) is 24.2 Å². The summed E-state index contributed by atoms with van der Waals surface area (Å²) in [6.45, 7) is 1.55. The van der Waals surface area contributed by atoms with Crippen LogP contribution in [0.15, 0.2) is 40.2 Å². The van der Waals surface area contributed by atoms with E-state index < -0.39 is 28.9 Å². The molecule has 2 aromatic rings. The van der Waals surface area contributed by atoms with Crippen molar-refractivity contribution in [1.82, 2.24) is 9.55 Å². The van der Waals surface area contributed by atoms with E-state index in [4.69, 9.17) is 0 Å². The monoisotopic (exact) mass is 423 g/mol. The molecule has 0 N–H and O–H groups in total. The van der Waals surface area contributed by atoms with Crippen LogP contribution in [0.5, 0.6) is 0 Å². The number of halogens is 6. The van der Waals surface area contributed by atoms with Crippen molar-refractivity contribution in [3.05, 3.63) is 36.0 Å². The molecule has 0 saturated carbocycles. The van der Waals surface area contributed by atoms with E-state index in [1.807, 2.05) is 0 Å². The predicted octanol–water partition coefficient (Wildman–Crippen LogP) is 5.05. The molecule has 0 spiro atoms. The van der Waals surface area contributed by atoms with Gasteiger partial charge in [-0.15, -0.1) is 0 Å². The highest BCUT2D eigenvalue weighted by atomic mass is 32.2. The number of rotatable bonds is 5. The van der Waals surface area contributed by atoms with Gasteiger partial charge in [-0.2, -0.15) is 26.3 Å². The first-order chi connectivity index (χ1) is 12.9. The smallest absolute Gasteiger partial charge is 0.312 e. The first-order valence-electron chi connectivity index (χ1n) is 7.79. The Hall–Kier alpha value is -2.43. The summed E-state index contributed by atoms with van der Waals surface area (Å²) in [4.78, 5) is 7.96. The molecule has 0 fully saturated rings. The lowest BCUT2D eigenvalue weighted by Crippen LogP contribution is -2.19. The Morgan fingerprint density at radius 2 is 1.82 bits per heavy atom. The Bertz CT molecular complexity index is 928. The molecule has 0 radical (unpaired) electrons. The molecule has 0 bridgehead atoms. The number of nitrogens with zero attached hydrogens (tertiary/aromatic N) is 3. The average molecular weight is 423 g/mol. The topological polar surface area (TPSA) is 47.2 Å². The quantitative estimate of drug-likeness (QED) is 0.499. The summed E-state index contributed by atoms with van der Waals surface area (Å²) < 4.78 is 89.0. The lowest BCUT2D eigenvalue weighted by Gasteiger charge is -2.11. The molecule has 1 atom stereocenters. The predicted molar refractivity (Wildman–Crippen MR) is 94.9 cm³/mol. The van der Waals surface area contributed by atoms with Crippen LogP contribution >= 0.6 is 0 Å². The number of hydrogen-bond acceptors (Lipinski definition) is 3. The van der Waals surface area contributed by atoms with Crippen LogP contribution in [-0.2, 0) is 17.8 Å². The van der Waals surface area contributed by atoms with Gasteiger partial charge in [0.05, 0.1) is 15.7 Å².